The summed E-state index contributed by atoms with van der Waals surface area (Å²) >= 11 is 12.0. The van der Waals surface area contributed by atoms with E-state index in [1.165, 1.54) is 10.9 Å². The first kappa shape index (κ1) is 14.8. The summed E-state index contributed by atoms with van der Waals surface area (Å²) in [5.41, 5.74) is 2.87. The molecule has 0 spiro atoms. The molecule has 0 unspecified atom stereocenters. The van der Waals surface area contributed by atoms with Crippen molar-refractivity contribution in [1.29, 1.82) is 0 Å². The van der Waals surface area contributed by atoms with E-state index in [4.69, 9.17) is 23.2 Å². The molecular formula is C17H12Cl2N2O. The largest absolute Gasteiger partial charge is 0.269 e. The summed E-state index contributed by atoms with van der Waals surface area (Å²) in [7, 11) is 0. The molecule has 3 rings (SSSR count). The lowest BCUT2D eigenvalue weighted by Gasteiger charge is -2.06. The number of benzene rings is 2. The number of halogens is 2. The molecule has 0 N–H and O–H groups in total. The van der Waals surface area contributed by atoms with Crippen molar-refractivity contribution in [1.82, 2.24) is 9.55 Å². The van der Waals surface area contributed by atoms with Gasteiger partial charge in [-0.2, -0.15) is 0 Å². The third kappa shape index (κ3) is 2.65. The highest BCUT2D eigenvalue weighted by atomic mass is 35.5. The van der Waals surface area contributed by atoms with Gasteiger partial charge >= 0.3 is 0 Å². The first-order valence-corrected chi connectivity index (χ1v) is 7.42. The van der Waals surface area contributed by atoms with Crippen molar-refractivity contribution in [2.75, 3.05) is 0 Å². The molecule has 0 amide bonds. The molecule has 2 aromatic carbocycles. The fraction of sp³-hybridized carbons (Fsp3) is 0.0588. The Morgan fingerprint density at radius 1 is 1.05 bits per heavy atom. The van der Waals surface area contributed by atoms with Crippen molar-refractivity contribution < 1.29 is 4.79 Å². The van der Waals surface area contributed by atoms with Gasteiger partial charge in [-0.15, -0.1) is 0 Å². The molecule has 1 heterocycles. The molecular weight excluding hydrogens is 319 g/mol. The van der Waals surface area contributed by atoms with Crippen molar-refractivity contribution in [2.45, 2.75) is 6.92 Å². The van der Waals surface area contributed by atoms with Gasteiger partial charge in [0, 0.05) is 10.6 Å². The highest BCUT2D eigenvalue weighted by molar-refractivity contribution is 6.34. The highest BCUT2D eigenvalue weighted by Crippen LogP contribution is 2.25. The number of rotatable bonds is 2. The monoisotopic (exact) mass is 330 g/mol. The van der Waals surface area contributed by atoms with Crippen LogP contribution in [0.2, 0.25) is 10.0 Å². The minimum atomic E-state index is -0.198. The van der Waals surface area contributed by atoms with E-state index in [1.807, 2.05) is 19.1 Å². The molecule has 0 aliphatic rings. The van der Waals surface area contributed by atoms with Crippen LogP contribution >= 0.6 is 23.2 Å². The molecule has 0 saturated heterocycles. The summed E-state index contributed by atoms with van der Waals surface area (Å²) < 4.78 is 1.51. The molecule has 0 atom stereocenters. The summed E-state index contributed by atoms with van der Waals surface area (Å²) in [6.45, 7) is 1.85. The topological polar surface area (TPSA) is 34.9 Å². The van der Waals surface area contributed by atoms with Crippen LogP contribution in [0.5, 0.6) is 0 Å². The molecule has 3 nitrogen and oxygen atoms in total. The molecule has 110 valence electrons. The molecule has 22 heavy (non-hydrogen) atoms. The summed E-state index contributed by atoms with van der Waals surface area (Å²) in [5, 5.41) is 1.08. The molecule has 3 aromatic rings. The van der Waals surface area contributed by atoms with Crippen molar-refractivity contribution in [3.05, 3.63) is 76.2 Å². The van der Waals surface area contributed by atoms with Crippen LogP contribution in [0.3, 0.4) is 0 Å². The van der Waals surface area contributed by atoms with Crippen molar-refractivity contribution in [3.63, 3.8) is 0 Å². The van der Waals surface area contributed by atoms with Gasteiger partial charge in [-0.3, -0.25) is 9.36 Å². The zero-order valence-corrected chi connectivity index (χ0v) is 13.3. The lowest BCUT2D eigenvalue weighted by atomic mass is 10.1. The standard InChI is InChI=1S/C17H12Cl2N2O/c1-11-16(12-6-8-13(18)9-7-12)20-10-21(11)17(22)14-4-2-3-5-15(14)19/h2-10H,1H3. The van der Waals surface area contributed by atoms with E-state index in [2.05, 4.69) is 4.98 Å². The Labute approximate surface area is 138 Å². The zero-order chi connectivity index (χ0) is 15.7. The molecule has 0 fully saturated rings. The minimum absolute atomic E-state index is 0.198. The molecule has 0 aliphatic heterocycles. The van der Waals surface area contributed by atoms with Gasteiger partial charge in [0.25, 0.3) is 5.91 Å². The van der Waals surface area contributed by atoms with Gasteiger partial charge in [-0.05, 0) is 31.2 Å². The fourth-order valence-electron chi connectivity index (χ4n) is 2.27. The maximum Gasteiger partial charge on any atom is 0.264 e. The van der Waals surface area contributed by atoms with Crippen LogP contribution in [-0.2, 0) is 0 Å². The second-order valence-corrected chi connectivity index (χ2v) is 5.68. The lowest BCUT2D eigenvalue weighted by Crippen LogP contribution is -2.13. The predicted octanol–water partition coefficient (Wildman–Crippen LogP) is 4.85. The average molecular weight is 331 g/mol. The number of hydrogen-bond donors (Lipinski definition) is 0. The minimum Gasteiger partial charge on any atom is -0.269 e. The maximum atomic E-state index is 12.6. The van der Waals surface area contributed by atoms with Crippen LogP contribution in [0.4, 0.5) is 0 Å². The third-order valence-corrected chi connectivity index (χ3v) is 4.03. The highest BCUT2D eigenvalue weighted by Gasteiger charge is 2.17. The fourth-order valence-corrected chi connectivity index (χ4v) is 2.61. The zero-order valence-electron chi connectivity index (χ0n) is 11.8. The van der Waals surface area contributed by atoms with Crippen LogP contribution < -0.4 is 0 Å². The van der Waals surface area contributed by atoms with Crippen LogP contribution in [0.15, 0.2) is 54.9 Å². The Hall–Kier alpha value is -2.10. The van der Waals surface area contributed by atoms with Gasteiger partial charge in [0.15, 0.2) is 0 Å². The summed E-state index contributed by atoms with van der Waals surface area (Å²) in [5.74, 6) is -0.198. The van der Waals surface area contributed by atoms with Crippen molar-refractivity contribution in [3.8, 4) is 11.3 Å². The van der Waals surface area contributed by atoms with E-state index in [0.29, 0.717) is 15.6 Å². The average Bonchev–Trinajstić information content (AvgIpc) is 2.90. The molecule has 5 heteroatoms. The van der Waals surface area contributed by atoms with E-state index in [1.54, 1.807) is 36.4 Å². The number of hydrogen-bond acceptors (Lipinski definition) is 2. The first-order chi connectivity index (χ1) is 10.6. The third-order valence-electron chi connectivity index (χ3n) is 3.45. The molecule has 1 aromatic heterocycles. The lowest BCUT2D eigenvalue weighted by molar-refractivity contribution is 0.0958. The van der Waals surface area contributed by atoms with Crippen molar-refractivity contribution in [2.24, 2.45) is 0 Å². The van der Waals surface area contributed by atoms with E-state index >= 15 is 0 Å². The maximum absolute atomic E-state index is 12.6. The van der Waals surface area contributed by atoms with Gasteiger partial charge in [-0.1, -0.05) is 47.5 Å². The number of carbonyl (C=O) groups is 1. The number of imidazole rings is 1. The summed E-state index contributed by atoms with van der Waals surface area (Å²) in [6.07, 6.45) is 1.52. The Balaban J connectivity index is 2.02. The van der Waals surface area contributed by atoms with Crippen LogP contribution in [0.1, 0.15) is 16.1 Å². The van der Waals surface area contributed by atoms with Gasteiger partial charge in [0.2, 0.25) is 0 Å². The first-order valence-electron chi connectivity index (χ1n) is 6.67. The Morgan fingerprint density at radius 2 is 1.73 bits per heavy atom. The second-order valence-electron chi connectivity index (χ2n) is 4.84. The van der Waals surface area contributed by atoms with E-state index in [9.17, 15) is 4.79 Å². The van der Waals surface area contributed by atoms with Crippen LogP contribution in [-0.4, -0.2) is 15.5 Å². The van der Waals surface area contributed by atoms with E-state index in [-0.39, 0.29) is 5.91 Å². The Bertz CT molecular complexity index is 838. The van der Waals surface area contributed by atoms with E-state index < -0.39 is 0 Å². The SMILES string of the molecule is Cc1c(-c2ccc(Cl)cc2)ncn1C(=O)c1ccccc1Cl. The Morgan fingerprint density at radius 3 is 2.41 bits per heavy atom. The Kier molecular flexibility index (Phi) is 4.01. The number of carbonyl (C=O) groups excluding carboxylic acids is 1. The van der Waals surface area contributed by atoms with Crippen LogP contribution in [0, 0.1) is 6.92 Å². The van der Waals surface area contributed by atoms with Gasteiger partial charge < -0.3 is 0 Å². The molecule has 0 aliphatic carbocycles. The smallest absolute Gasteiger partial charge is 0.264 e. The molecule has 0 saturated carbocycles. The molecule has 0 bridgehead atoms. The predicted molar refractivity (Wildman–Crippen MR) is 88.6 cm³/mol. The number of aromatic nitrogens is 2. The van der Waals surface area contributed by atoms with Crippen LogP contribution in [0.25, 0.3) is 11.3 Å². The number of nitrogens with zero attached hydrogens (tertiary/aromatic N) is 2. The summed E-state index contributed by atoms with van der Waals surface area (Å²) in [6, 6.07) is 14.3. The van der Waals surface area contributed by atoms with Gasteiger partial charge in [-0.25, -0.2) is 4.98 Å². The summed E-state index contributed by atoms with van der Waals surface area (Å²) in [4.78, 5) is 17.0. The molecule has 0 radical (unpaired) electrons. The van der Waals surface area contributed by atoms with Gasteiger partial charge in [0.05, 0.1) is 22.0 Å². The second kappa shape index (κ2) is 5.95. The van der Waals surface area contributed by atoms with Gasteiger partial charge in [0.1, 0.15) is 6.33 Å². The normalized spacial score (nSPS) is 10.7. The van der Waals surface area contributed by atoms with Crippen molar-refractivity contribution >= 4 is 29.1 Å². The van der Waals surface area contributed by atoms with E-state index in [0.717, 1.165) is 17.0 Å². The quantitative estimate of drug-likeness (QED) is 0.672.